The smallest absolute Gasteiger partial charge is 0.255 e. The summed E-state index contributed by atoms with van der Waals surface area (Å²) < 4.78 is 1.71. The lowest BCUT2D eigenvalue weighted by molar-refractivity contribution is -0.0863. The largest absolute Gasteiger partial charge is 0.383 e. The molecule has 0 saturated carbocycles. The van der Waals surface area contributed by atoms with Crippen LogP contribution in [0.4, 0.5) is 5.82 Å². The van der Waals surface area contributed by atoms with Crippen LogP contribution in [0, 0.1) is 6.92 Å². The van der Waals surface area contributed by atoms with Crippen molar-refractivity contribution in [1.29, 1.82) is 0 Å². The molecule has 4 aromatic rings. The lowest BCUT2D eigenvalue weighted by Crippen LogP contribution is -2.61. The number of likely N-dealkylation sites (tertiary alicyclic amines) is 1. The van der Waals surface area contributed by atoms with Gasteiger partial charge in [0, 0.05) is 12.4 Å². The van der Waals surface area contributed by atoms with E-state index in [4.69, 9.17) is 17.3 Å². The number of nitrogens with zero attached hydrogens (tertiary/aromatic N) is 4. The molecule has 0 spiro atoms. The number of aromatic nitrogens is 3. The third-order valence-corrected chi connectivity index (χ3v) is 6.12. The summed E-state index contributed by atoms with van der Waals surface area (Å²) in [5.74, 6) is 0.137. The summed E-state index contributed by atoms with van der Waals surface area (Å²) in [5, 5.41) is 16.9. The van der Waals surface area contributed by atoms with Gasteiger partial charge < -0.3 is 15.7 Å². The van der Waals surface area contributed by atoms with E-state index in [0.717, 1.165) is 27.4 Å². The van der Waals surface area contributed by atoms with Crippen molar-refractivity contribution in [2.24, 2.45) is 7.05 Å². The fourth-order valence-corrected chi connectivity index (χ4v) is 4.33. The molecular formula is C22H20ClN5O2. The summed E-state index contributed by atoms with van der Waals surface area (Å²) >= 11 is 6.43. The highest BCUT2D eigenvalue weighted by atomic mass is 35.5. The van der Waals surface area contributed by atoms with Gasteiger partial charge in [-0.1, -0.05) is 41.4 Å². The molecule has 1 amide bonds. The number of hydrogen-bond donors (Lipinski definition) is 2. The van der Waals surface area contributed by atoms with E-state index in [-0.39, 0.29) is 19.0 Å². The van der Waals surface area contributed by atoms with Gasteiger partial charge in [0.15, 0.2) is 0 Å². The summed E-state index contributed by atoms with van der Waals surface area (Å²) in [6, 6.07) is 11.1. The molecule has 0 bridgehead atoms. The Morgan fingerprint density at radius 2 is 1.90 bits per heavy atom. The van der Waals surface area contributed by atoms with E-state index < -0.39 is 5.60 Å². The van der Waals surface area contributed by atoms with Gasteiger partial charge in [-0.05, 0) is 24.6 Å². The number of nitrogens with two attached hydrogens (primary N) is 1. The van der Waals surface area contributed by atoms with Gasteiger partial charge in [-0.3, -0.25) is 9.48 Å². The maximum atomic E-state index is 13.2. The Morgan fingerprint density at radius 3 is 2.60 bits per heavy atom. The van der Waals surface area contributed by atoms with E-state index in [1.165, 1.54) is 0 Å². The number of carbonyl (C=O) groups is 1. The molecule has 3 heterocycles. The number of benzene rings is 2. The van der Waals surface area contributed by atoms with Crippen LogP contribution in [0.15, 0.2) is 42.6 Å². The molecule has 0 radical (unpaired) electrons. The topological polar surface area (TPSA) is 97.3 Å². The first-order valence-corrected chi connectivity index (χ1v) is 9.94. The second-order valence-corrected chi connectivity index (χ2v) is 8.34. The highest BCUT2D eigenvalue weighted by molar-refractivity contribution is 6.35. The molecule has 3 N–H and O–H groups in total. The van der Waals surface area contributed by atoms with Gasteiger partial charge in [-0.2, -0.15) is 5.10 Å². The first-order valence-electron chi connectivity index (χ1n) is 9.56. The number of rotatable bonds is 2. The van der Waals surface area contributed by atoms with Gasteiger partial charge in [0.05, 0.1) is 46.3 Å². The average Bonchev–Trinajstić information content (AvgIpc) is 3.08. The van der Waals surface area contributed by atoms with Crippen LogP contribution in [0.25, 0.3) is 21.8 Å². The molecule has 5 rings (SSSR count). The van der Waals surface area contributed by atoms with E-state index in [1.807, 2.05) is 38.2 Å². The quantitative estimate of drug-likeness (QED) is 0.518. The fraction of sp³-hybridized carbons (Fsp3) is 0.227. The average molecular weight is 422 g/mol. The Kier molecular flexibility index (Phi) is 4.03. The van der Waals surface area contributed by atoms with Gasteiger partial charge in [0.25, 0.3) is 5.91 Å². The Labute approximate surface area is 177 Å². The van der Waals surface area contributed by atoms with Crippen molar-refractivity contribution in [1.82, 2.24) is 19.7 Å². The Hall–Kier alpha value is -3.16. The maximum Gasteiger partial charge on any atom is 0.255 e. The summed E-state index contributed by atoms with van der Waals surface area (Å²) in [5.41, 5.74) is 8.69. The van der Waals surface area contributed by atoms with E-state index in [1.54, 1.807) is 27.9 Å². The van der Waals surface area contributed by atoms with Crippen LogP contribution in [-0.4, -0.2) is 43.8 Å². The minimum atomic E-state index is -1.04. The molecule has 152 valence electrons. The predicted octanol–water partition coefficient (Wildman–Crippen LogP) is 3.01. The molecule has 7 nitrogen and oxygen atoms in total. The van der Waals surface area contributed by atoms with Crippen molar-refractivity contribution in [2.75, 3.05) is 18.8 Å². The number of aliphatic hydroxyl groups is 1. The molecule has 8 heteroatoms. The number of carbonyl (C=O) groups excluding carboxylic acids is 1. The molecule has 1 aliphatic rings. The van der Waals surface area contributed by atoms with Crippen LogP contribution in [0.3, 0.4) is 0 Å². The number of β-amino-alcohol motifs (C(OH)–C–C–N with tert-alkyl or cyclic N) is 1. The molecule has 2 aromatic carbocycles. The third kappa shape index (κ3) is 2.74. The zero-order chi connectivity index (χ0) is 21.2. The zero-order valence-corrected chi connectivity index (χ0v) is 17.3. The molecule has 0 unspecified atom stereocenters. The fourth-order valence-electron chi connectivity index (χ4n) is 4.09. The maximum absolute atomic E-state index is 13.2. The SMILES string of the molecule is Cc1ccc(C2(O)CN(C(=O)c3cc4c(cc3Cl)nc(N)c3cnn(C)c34)C2)cc1. The number of anilines is 1. The number of amides is 1. The zero-order valence-electron chi connectivity index (χ0n) is 16.6. The summed E-state index contributed by atoms with van der Waals surface area (Å²) in [6.07, 6.45) is 1.66. The van der Waals surface area contributed by atoms with E-state index >= 15 is 0 Å². The second-order valence-electron chi connectivity index (χ2n) is 7.94. The predicted molar refractivity (Wildman–Crippen MR) is 116 cm³/mol. The lowest BCUT2D eigenvalue weighted by atomic mass is 9.85. The Bertz CT molecular complexity index is 1320. The van der Waals surface area contributed by atoms with E-state index in [9.17, 15) is 9.90 Å². The van der Waals surface area contributed by atoms with Crippen LogP contribution in [0.5, 0.6) is 0 Å². The molecule has 1 saturated heterocycles. The molecule has 0 atom stereocenters. The first kappa shape index (κ1) is 18.8. The minimum absolute atomic E-state index is 0.213. The van der Waals surface area contributed by atoms with E-state index in [0.29, 0.717) is 21.9 Å². The van der Waals surface area contributed by atoms with Crippen LogP contribution in [0.2, 0.25) is 5.02 Å². The Morgan fingerprint density at radius 1 is 1.20 bits per heavy atom. The highest BCUT2D eigenvalue weighted by Crippen LogP contribution is 2.36. The molecule has 1 aliphatic heterocycles. The van der Waals surface area contributed by atoms with Crippen molar-refractivity contribution in [3.05, 3.63) is 64.3 Å². The van der Waals surface area contributed by atoms with Gasteiger partial charge in [0.1, 0.15) is 11.4 Å². The number of pyridine rings is 1. The van der Waals surface area contributed by atoms with Gasteiger partial charge >= 0.3 is 0 Å². The standard InChI is InChI=1S/C22H20ClN5O2/c1-12-3-5-13(6-4-12)22(30)10-28(11-22)21(29)14-7-15-18(8-17(14)23)26-20(24)16-9-25-27(2)19(15)16/h3-9,30H,10-11H2,1-2H3,(H2,24,26). The van der Waals surface area contributed by atoms with Crippen molar-refractivity contribution in [3.63, 3.8) is 0 Å². The monoisotopic (exact) mass is 421 g/mol. The number of hydrogen-bond acceptors (Lipinski definition) is 5. The first-order chi connectivity index (χ1) is 14.3. The van der Waals surface area contributed by atoms with Crippen molar-refractivity contribution >= 4 is 45.1 Å². The summed E-state index contributed by atoms with van der Waals surface area (Å²) in [7, 11) is 1.81. The van der Waals surface area contributed by atoms with Gasteiger partial charge in [-0.25, -0.2) is 4.98 Å². The summed E-state index contributed by atoms with van der Waals surface area (Å²) in [6.45, 7) is 2.42. The minimum Gasteiger partial charge on any atom is -0.383 e. The van der Waals surface area contributed by atoms with Crippen molar-refractivity contribution in [3.8, 4) is 0 Å². The highest BCUT2D eigenvalue weighted by Gasteiger charge is 2.45. The van der Waals surface area contributed by atoms with Crippen LogP contribution in [0.1, 0.15) is 21.5 Å². The molecule has 1 fully saturated rings. The van der Waals surface area contributed by atoms with Crippen molar-refractivity contribution < 1.29 is 9.90 Å². The number of nitrogen functional groups attached to an aromatic ring is 1. The molecule has 30 heavy (non-hydrogen) atoms. The number of fused-ring (bicyclic) bond motifs is 3. The Balaban J connectivity index is 1.51. The lowest BCUT2D eigenvalue weighted by Gasteiger charge is -2.46. The second kappa shape index (κ2) is 6.42. The number of halogens is 1. The number of aryl methyl sites for hydroxylation is 2. The molecular weight excluding hydrogens is 402 g/mol. The third-order valence-electron chi connectivity index (χ3n) is 5.81. The summed E-state index contributed by atoms with van der Waals surface area (Å²) in [4.78, 5) is 19.2. The normalized spacial score (nSPS) is 15.5. The van der Waals surface area contributed by atoms with Crippen LogP contribution >= 0.6 is 11.6 Å². The van der Waals surface area contributed by atoms with E-state index in [2.05, 4.69) is 10.1 Å². The van der Waals surface area contributed by atoms with Crippen LogP contribution in [-0.2, 0) is 12.6 Å². The molecule has 0 aliphatic carbocycles. The van der Waals surface area contributed by atoms with Gasteiger partial charge in [0.2, 0.25) is 0 Å². The van der Waals surface area contributed by atoms with Crippen molar-refractivity contribution in [2.45, 2.75) is 12.5 Å². The molecule has 2 aromatic heterocycles. The van der Waals surface area contributed by atoms with Crippen LogP contribution < -0.4 is 5.73 Å². The van der Waals surface area contributed by atoms with Gasteiger partial charge in [-0.15, -0.1) is 0 Å².